The number of halogens is 2. The van der Waals surface area contributed by atoms with Gasteiger partial charge in [0.05, 0.1) is 17.8 Å². The van der Waals surface area contributed by atoms with Crippen molar-refractivity contribution < 1.29 is 4.92 Å². The van der Waals surface area contributed by atoms with Crippen LogP contribution in [0.1, 0.15) is 5.56 Å². The van der Waals surface area contributed by atoms with E-state index in [1.54, 1.807) is 12.1 Å². The number of nitrogen functional groups attached to an aromatic ring is 1. The summed E-state index contributed by atoms with van der Waals surface area (Å²) in [5.41, 5.74) is 5.03. The fourth-order valence-electron chi connectivity index (χ4n) is 1.62. The number of nitrogens with zero attached hydrogens (tertiary/aromatic N) is 3. The molecule has 0 bridgehead atoms. The number of benzene rings is 1. The molecular formula is C11H8BrClN4O3. The lowest BCUT2D eigenvalue weighted by Gasteiger charge is -2.07. The number of aromatic nitrogens is 2. The zero-order valence-corrected chi connectivity index (χ0v) is 12.3. The van der Waals surface area contributed by atoms with Crippen LogP contribution in [-0.2, 0) is 6.54 Å². The summed E-state index contributed by atoms with van der Waals surface area (Å²) < 4.78 is 1.74. The first kappa shape index (κ1) is 14.5. The number of nitro groups is 1. The average molecular weight is 360 g/mol. The summed E-state index contributed by atoms with van der Waals surface area (Å²) in [7, 11) is 0. The Balaban J connectivity index is 2.48. The molecule has 1 aromatic heterocycles. The van der Waals surface area contributed by atoms with Crippen molar-refractivity contribution in [3.63, 3.8) is 0 Å². The van der Waals surface area contributed by atoms with Crippen LogP contribution in [0.15, 0.2) is 33.8 Å². The van der Waals surface area contributed by atoms with E-state index >= 15 is 0 Å². The van der Waals surface area contributed by atoms with Gasteiger partial charge in [-0.15, -0.1) is 0 Å². The van der Waals surface area contributed by atoms with Crippen molar-refractivity contribution >= 4 is 38.9 Å². The predicted molar refractivity (Wildman–Crippen MR) is 77.8 cm³/mol. The summed E-state index contributed by atoms with van der Waals surface area (Å²) in [6, 6.07) is 4.58. The maximum atomic E-state index is 11.9. The lowest BCUT2D eigenvalue weighted by molar-refractivity contribution is -0.385. The van der Waals surface area contributed by atoms with Crippen molar-refractivity contribution in [3.05, 3.63) is 60.2 Å². The Hall–Kier alpha value is -1.93. The molecule has 0 fully saturated rings. The van der Waals surface area contributed by atoms with Crippen molar-refractivity contribution in [1.82, 2.24) is 9.55 Å². The van der Waals surface area contributed by atoms with Gasteiger partial charge in [0.25, 0.3) is 11.2 Å². The SMILES string of the molecule is Nc1c(Cl)ncn(Cc2ccc(Br)cc2[N+](=O)[O-])c1=O. The molecular weight excluding hydrogens is 352 g/mol. The van der Waals surface area contributed by atoms with Crippen LogP contribution in [0.5, 0.6) is 0 Å². The maximum Gasteiger partial charge on any atom is 0.278 e. The van der Waals surface area contributed by atoms with E-state index in [9.17, 15) is 14.9 Å². The van der Waals surface area contributed by atoms with E-state index in [0.717, 1.165) is 4.57 Å². The van der Waals surface area contributed by atoms with Gasteiger partial charge in [-0.3, -0.25) is 19.5 Å². The van der Waals surface area contributed by atoms with Crippen LogP contribution in [0.2, 0.25) is 5.15 Å². The Bertz CT molecular complexity index is 747. The zero-order valence-electron chi connectivity index (χ0n) is 9.92. The largest absolute Gasteiger partial charge is 0.392 e. The standard InChI is InChI=1S/C11H8BrClN4O3/c12-7-2-1-6(8(3-7)17(19)20)4-16-5-15-10(13)9(14)11(16)18/h1-3,5H,4,14H2. The molecule has 0 amide bonds. The van der Waals surface area contributed by atoms with E-state index in [4.69, 9.17) is 17.3 Å². The molecule has 0 spiro atoms. The van der Waals surface area contributed by atoms with Crippen LogP contribution in [0.4, 0.5) is 11.4 Å². The highest BCUT2D eigenvalue weighted by atomic mass is 79.9. The smallest absolute Gasteiger partial charge is 0.278 e. The van der Waals surface area contributed by atoms with Gasteiger partial charge in [-0.05, 0) is 12.1 Å². The molecule has 0 aliphatic carbocycles. The number of hydrogen-bond acceptors (Lipinski definition) is 5. The second-order valence-corrected chi connectivity index (χ2v) is 5.19. The van der Waals surface area contributed by atoms with Crippen LogP contribution in [0, 0.1) is 10.1 Å². The Morgan fingerprint density at radius 2 is 2.20 bits per heavy atom. The average Bonchev–Trinajstić information content (AvgIpc) is 2.41. The highest BCUT2D eigenvalue weighted by molar-refractivity contribution is 9.10. The molecule has 2 aromatic rings. The zero-order chi connectivity index (χ0) is 14.9. The van der Waals surface area contributed by atoms with E-state index in [2.05, 4.69) is 20.9 Å². The van der Waals surface area contributed by atoms with E-state index in [1.807, 2.05) is 0 Å². The molecule has 7 nitrogen and oxygen atoms in total. The number of hydrogen-bond donors (Lipinski definition) is 1. The molecule has 0 aliphatic rings. The summed E-state index contributed by atoms with van der Waals surface area (Å²) in [5.74, 6) is 0. The van der Waals surface area contributed by atoms with Gasteiger partial charge in [0.2, 0.25) is 0 Å². The van der Waals surface area contributed by atoms with Crippen molar-refractivity contribution in [3.8, 4) is 0 Å². The summed E-state index contributed by atoms with van der Waals surface area (Å²) in [5, 5.41) is 10.9. The minimum atomic E-state index is -0.540. The highest BCUT2D eigenvalue weighted by Crippen LogP contribution is 2.24. The predicted octanol–water partition coefficient (Wildman–Crippen LogP) is 2.20. The monoisotopic (exact) mass is 358 g/mol. The summed E-state index contributed by atoms with van der Waals surface area (Å²) in [6.07, 6.45) is 1.20. The molecule has 9 heteroatoms. The number of rotatable bonds is 3. The Kier molecular flexibility index (Phi) is 4.05. The second-order valence-electron chi connectivity index (χ2n) is 3.91. The first-order valence-corrected chi connectivity index (χ1v) is 6.50. The van der Waals surface area contributed by atoms with Gasteiger partial charge in [-0.1, -0.05) is 27.5 Å². The van der Waals surface area contributed by atoms with E-state index in [-0.39, 0.29) is 23.1 Å². The molecule has 104 valence electrons. The van der Waals surface area contributed by atoms with Crippen LogP contribution >= 0.6 is 27.5 Å². The molecule has 2 N–H and O–H groups in total. The molecule has 20 heavy (non-hydrogen) atoms. The van der Waals surface area contributed by atoms with E-state index in [1.165, 1.54) is 12.4 Å². The maximum absolute atomic E-state index is 11.9. The Labute approximate surface area is 126 Å². The minimum absolute atomic E-state index is 0.0171. The highest BCUT2D eigenvalue weighted by Gasteiger charge is 2.16. The molecule has 0 saturated heterocycles. The fourth-order valence-corrected chi connectivity index (χ4v) is 2.10. The van der Waals surface area contributed by atoms with Gasteiger partial charge in [0.15, 0.2) is 5.15 Å². The molecule has 0 saturated carbocycles. The third-order valence-electron chi connectivity index (χ3n) is 2.61. The molecule has 0 radical (unpaired) electrons. The summed E-state index contributed by atoms with van der Waals surface area (Å²) in [6.45, 7) is -0.0171. The van der Waals surface area contributed by atoms with Crippen LogP contribution in [0.3, 0.4) is 0 Å². The second kappa shape index (κ2) is 5.59. The third kappa shape index (κ3) is 2.81. The van der Waals surface area contributed by atoms with Gasteiger partial charge in [-0.25, -0.2) is 4.98 Å². The molecule has 1 heterocycles. The summed E-state index contributed by atoms with van der Waals surface area (Å²) >= 11 is 8.79. The van der Waals surface area contributed by atoms with Crippen molar-refractivity contribution in [1.29, 1.82) is 0 Å². The first-order valence-electron chi connectivity index (χ1n) is 5.33. The topological polar surface area (TPSA) is 104 Å². The number of nitro benzene ring substituents is 1. The van der Waals surface area contributed by atoms with E-state index in [0.29, 0.717) is 10.0 Å². The van der Waals surface area contributed by atoms with Crippen molar-refractivity contribution in [2.24, 2.45) is 0 Å². The van der Waals surface area contributed by atoms with Crippen molar-refractivity contribution in [2.75, 3.05) is 5.73 Å². The van der Waals surface area contributed by atoms with Crippen LogP contribution in [0.25, 0.3) is 0 Å². The third-order valence-corrected chi connectivity index (χ3v) is 3.40. The Morgan fingerprint density at radius 1 is 1.50 bits per heavy atom. The van der Waals surface area contributed by atoms with Gasteiger partial charge in [-0.2, -0.15) is 0 Å². The Morgan fingerprint density at radius 3 is 2.85 bits per heavy atom. The van der Waals surface area contributed by atoms with Crippen LogP contribution < -0.4 is 11.3 Å². The van der Waals surface area contributed by atoms with Gasteiger partial charge in [0, 0.05) is 16.1 Å². The van der Waals surface area contributed by atoms with Crippen molar-refractivity contribution in [2.45, 2.75) is 6.54 Å². The van der Waals surface area contributed by atoms with Gasteiger partial charge in [0.1, 0.15) is 5.69 Å². The molecule has 0 atom stereocenters. The van der Waals surface area contributed by atoms with Crippen LogP contribution in [-0.4, -0.2) is 14.5 Å². The normalized spacial score (nSPS) is 10.5. The van der Waals surface area contributed by atoms with Gasteiger partial charge >= 0.3 is 0 Å². The quantitative estimate of drug-likeness (QED) is 0.514. The molecule has 1 aromatic carbocycles. The lowest BCUT2D eigenvalue weighted by Crippen LogP contribution is -2.24. The van der Waals surface area contributed by atoms with Gasteiger partial charge < -0.3 is 5.73 Å². The summed E-state index contributed by atoms with van der Waals surface area (Å²) in [4.78, 5) is 26.1. The molecule has 2 rings (SSSR count). The molecule has 0 unspecified atom stereocenters. The number of nitrogens with two attached hydrogens (primary N) is 1. The lowest BCUT2D eigenvalue weighted by atomic mass is 10.2. The fraction of sp³-hybridized carbons (Fsp3) is 0.0909. The van der Waals surface area contributed by atoms with E-state index < -0.39 is 10.5 Å². The minimum Gasteiger partial charge on any atom is -0.392 e. The first-order chi connectivity index (χ1) is 9.40. The number of anilines is 1. The molecule has 0 aliphatic heterocycles.